The fourth-order valence-corrected chi connectivity index (χ4v) is 9.01. The first-order chi connectivity index (χ1) is 29.5. The number of benzene rings is 7. The van der Waals surface area contributed by atoms with Crippen LogP contribution in [0.3, 0.4) is 0 Å². The van der Waals surface area contributed by atoms with E-state index < -0.39 is 23.9 Å². The van der Waals surface area contributed by atoms with Crippen molar-refractivity contribution in [2.45, 2.75) is 104 Å². The van der Waals surface area contributed by atoms with Crippen LogP contribution in [0.1, 0.15) is 145 Å². The Labute approximate surface area is 360 Å². The van der Waals surface area contributed by atoms with Crippen LogP contribution in [0.25, 0.3) is 43.1 Å². The van der Waals surface area contributed by atoms with Gasteiger partial charge in [0.1, 0.15) is 23.0 Å². The van der Waals surface area contributed by atoms with Crippen molar-refractivity contribution < 1.29 is 49.1 Å². The van der Waals surface area contributed by atoms with Gasteiger partial charge in [-0.25, -0.2) is 19.2 Å². The molecule has 0 fully saturated rings. The maximum Gasteiger partial charge on any atom is 0.336 e. The zero-order valence-corrected chi connectivity index (χ0v) is 36.0. The monoisotopic (exact) mass is 836 g/mol. The molecule has 0 saturated carbocycles. The first-order valence-electron chi connectivity index (χ1n) is 21.3. The third-order valence-electron chi connectivity index (χ3n) is 12.5. The summed E-state index contributed by atoms with van der Waals surface area (Å²) in [5, 5.41) is 43.9. The van der Waals surface area contributed by atoms with Crippen molar-refractivity contribution in [3.8, 4) is 23.0 Å². The molecule has 10 nitrogen and oxygen atoms in total. The molecule has 320 valence electrons. The number of rotatable bonds is 18. The Hall–Kier alpha value is -6.68. The molecule has 0 heterocycles. The highest BCUT2D eigenvalue weighted by molar-refractivity contribution is 6.40. The summed E-state index contributed by atoms with van der Waals surface area (Å²) in [5.41, 5.74) is 0.775. The molecule has 0 radical (unpaired) electrons. The molecule has 62 heavy (non-hydrogen) atoms. The second-order valence-corrected chi connectivity index (χ2v) is 17.6. The number of unbranched alkanes of at least 4 members (excludes halogenated alkanes) is 4. The summed E-state index contributed by atoms with van der Waals surface area (Å²) < 4.78 is 13.2. The van der Waals surface area contributed by atoms with E-state index in [1.54, 1.807) is 24.3 Å². The minimum Gasteiger partial charge on any atom is -0.478 e. The highest BCUT2D eigenvalue weighted by Crippen LogP contribution is 2.51. The average molecular weight is 837 g/mol. The number of carboxylic acids is 4. The van der Waals surface area contributed by atoms with E-state index in [4.69, 9.17) is 9.47 Å². The molecule has 0 amide bonds. The lowest BCUT2D eigenvalue weighted by Gasteiger charge is -2.26. The Kier molecular flexibility index (Phi) is 11.9. The summed E-state index contributed by atoms with van der Waals surface area (Å²) in [5.74, 6) is -4.62. The Morgan fingerprint density at radius 2 is 0.774 bits per heavy atom. The van der Waals surface area contributed by atoms with Crippen molar-refractivity contribution in [2.24, 2.45) is 0 Å². The van der Waals surface area contributed by atoms with Gasteiger partial charge < -0.3 is 29.9 Å². The molecule has 7 rings (SSSR count). The van der Waals surface area contributed by atoms with Crippen LogP contribution in [0.4, 0.5) is 0 Å². The van der Waals surface area contributed by atoms with Gasteiger partial charge in [0.25, 0.3) is 0 Å². The van der Waals surface area contributed by atoms with E-state index >= 15 is 0 Å². The lowest BCUT2D eigenvalue weighted by Crippen LogP contribution is -2.16. The molecule has 0 aliphatic rings. The van der Waals surface area contributed by atoms with Crippen LogP contribution in [0, 0.1) is 0 Å². The number of fused-ring (bicyclic) bond motifs is 2. The first-order valence-corrected chi connectivity index (χ1v) is 21.3. The second-order valence-electron chi connectivity index (χ2n) is 17.6. The molecule has 7 aromatic carbocycles. The summed E-state index contributed by atoms with van der Waals surface area (Å²) in [6, 6.07) is 23.3. The molecule has 10 heteroatoms. The number of aromatic carboxylic acids is 4. The van der Waals surface area contributed by atoms with E-state index in [0.717, 1.165) is 62.5 Å². The maximum atomic E-state index is 13.1. The van der Waals surface area contributed by atoms with Crippen molar-refractivity contribution in [3.05, 3.63) is 118 Å². The summed E-state index contributed by atoms with van der Waals surface area (Å²) in [6.45, 7) is 13.1. The van der Waals surface area contributed by atoms with Gasteiger partial charge in [0.2, 0.25) is 0 Å². The highest BCUT2D eigenvalue weighted by Gasteiger charge is 2.31. The van der Waals surface area contributed by atoms with Crippen molar-refractivity contribution in [2.75, 3.05) is 0 Å². The number of hydrogen-bond acceptors (Lipinski definition) is 6. The SMILES string of the molecule is CCCCCC(C)(C)c1ccc(Oc2cc(C(=O)O)c3c(C(=O)O)ccc4c5c(Oc6ccc(C(C)(C)CCCCC)cc6)cc(C(=O)O)c6c(C(=O)O)ccc(c2c34)c65)cc1. The summed E-state index contributed by atoms with van der Waals surface area (Å²) in [7, 11) is 0. The molecule has 4 N–H and O–H groups in total. The van der Waals surface area contributed by atoms with Crippen LogP contribution in [0.5, 0.6) is 23.0 Å². The predicted octanol–water partition coefficient (Wildman–Crippen LogP) is 13.8. The second kappa shape index (κ2) is 17.0. The van der Waals surface area contributed by atoms with Gasteiger partial charge in [0.05, 0.1) is 22.3 Å². The molecule has 0 aliphatic heterocycles. The quantitative estimate of drug-likeness (QED) is 0.0371. The van der Waals surface area contributed by atoms with E-state index in [-0.39, 0.29) is 76.9 Å². The Morgan fingerprint density at radius 3 is 1.08 bits per heavy atom. The molecular weight excluding hydrogens is 785 g/mol. The number of carbonyl (C=O) groups is 4. The van der Waals surface area contributed by atoms with E-state index in [2.05, 4.69) is 41.5 Å². The summed E-state index contributed by atoms with van der Waals surface area (Å²) >= 11 is 0. The Balaban J connectivity index is 1.53. The van der Waals surface area contributed by atoms with Gasteiger partial charge in [-0.3, -0.25) is 0 Å². The fraction of sp³-hybridized carbons (Fsp3) is 0.308. The average Bonchev–Trinajstić information content (AvgIpc) is 3.23. The van der Waals surface area contributed by atoms with Crippen LogP contribution in [0.15, 0.2) is 84.9 Å². The highest BCUT2D eigenvalue weighted by atomic mass is 16.5. The topological polar surface area (TPSA) is 168 Å². The standard InChI is InChI=1S/C52H52O10/c1-7-9-11-25-51(3,4)29-13-17-31(18-14-29)61-39-27-37(49(57)58)41-35(47(53)54)24-22-34-44-40(62-32-19-15-30(16-20-32)52(5,6)26-12-10-8-2)28-38(50(59)60)42-36(48(55)56)23-21-33(46(42)44)43(39)45(34)41/h13-24,27-28H,7-12,25-26H2,1-6H3,(H,53,54)(H,55,56)(H,57,58)(H,59,60). The first kappa shape index (κ1) is 43.4. The van der Waals surface area contributed by atoms with Crippen LogP contribution in [0.2, 0.25) is 0 Å². The van der Waals surface area contributed by atoms with Gasteiger partial charge in [-0.2, -0.15) is 0 Å². The molecule has 0 aromatic heterocycles. The normalized spacial score (nSPS) is 12.1. The van der Waals surface area contributed by atoms with Gasteiger partial charge in [0.15, 0.2) is 0 Å². The molecule has 0 saturated heterocycles. The largest absolute Gasteiger partial charge is 0.478 e. The molecular formula is C52H52O10. The van der Waals surface area contributed by atoms with Gasteiger partial charge in [0, 0.05) is 32.3 Å². The molecule has 0 bridgehead atoms. The van der Waals surface area contributed by atoms with Gasteiger partial charge >= 0.3 is 23.9 Å². The Bertz CT molecular complexity index is 2670. The lowest BCUT2D eigenvalue weighted by molar-refractivity contribution is 0.0681. The molecule has 0 aliphatic carbocycles. The van der Waals surface area contributed by atoms with Gasteiger partial charge in [-0.05, 0) is 94.1 Å². The molecule has 0 unspecified atom stereocenters. The number of hydrogen-bond donors (Lipinski definition) is 4. The predicted molar refractivity (Wildman–Crippen MR) is 243 cm³/mol. The smallest absolute Gasteiger partial charge is 0.336 e. The van der Waals surface area contributed by atoms with Crippen molar-refractivity contribution in [1.29, 1.82) is 0 Å². The zero-order valence-electron chi connectivity index (χ0n) is 36.0. The van der Waals surface area contributed by atoms with Crippen molar-refractivity contribution >= 4 is 67.0 Å². The molecule has 7 aromatic rings. The minimum absolute atomic E-state index is 0.0593. The third-order valence-corrected chi connectivity index (χ3v) is 12.5. The minimum atomic E-state index is -1.39. The Morgan fingerprint density at radius 1 is 0.435 bits per heavy atom. The molecule has 0 spiro atoms. The van der Waals surface area contributed by atoms with Gasteiger partial charge in [-0.1, -0.05) is 116 Å². The van der Waals surface area contributed by atoms with Crippen LogP contribution in [-0.4, -0.2) is 44.3 Å². The fourth-order valence-electron chi connectivity index (χ4n) is 9.01. The lowest BCUT2D eigenvalue weighted by atomic mass is 9.80. The summed E-state index contributed by atoms with van der Waals surface area (Å²) in [6.07, 6.45) is 8.61. The maximum absolute atomic E-state index is 13.1. The number of carboxylic acid groups (broad SMARTS) is 4. The van der Waals surface area contributed by atoms with Crippen molar-refractivity contribution in [3.63, 3.8) is 0 Å². The van der Waals surface area contributed by atoms with Crippen molar-refractivity contribution in [1.82, 2.24) is 0 Å². The number of ether oxygens (including phenoxy) is 2. The summed E-state index contributed by atoms with van der Waals surface area (Å²) in [4.78, 5) is 52.0. The third kappa shape index (κ3) is 7.97. The van der Waals surface area contributed by atoms with Crippen LogP contribution >= 0.6 is 0 Å². The van der Waals surface area contributed by atoms with Gasteiger partial charge in [-0.15, -0.1) is 0 Å². The van der Waals surface area contributed by atoms with E-state index in [1.165, 1.54) is 36.4 Å². The van der Waals surface area contributed by atoms with E-state index in [1.807, 2.05) is 24.3 Å². The van der Waals surface area contributed by atoms with E-state index in [9.17, 15) is 39.6 Å². The van der Waals surface area contributed by atoms with E-state index in [0.29, 0.717) is 22.3 Å². The zero-order chi connectivity index (χ0) is 44.7. The van der Waals surface area contributed by atoms with Crippen LogP contribution in [-0.2, 0) is 10.8 Å². The molecule has 0 atom stereocenters. The van der Waals surface area contributed by atoms with Crippen LogP contribution < -0.4 is 9.47 Å².